The van der Waals surface area contributed by atoms with Crippen LogP contribution in [0, 0.1) is 5.92 Å². The van der Waals surface area contributed by atoms with Crippen molar-refractivity contribution < 1.29 is 31.1 Å². The molecule has 0 saturated carbocycles. The highest BCUT2D eigenvalue weighted by Crippen LogP contribution is 2.36. The number of rotatable bonds is 6. The quantitative estimate of drug-likeness (QED) is 0.610. The van der Waals surface area contributed by atoms with Gasteiger partial charge in [0.05, 0.1) is 16.4 Å². The molecule has 1 aliphatic rings. The van der Waals surface area contributed by atoms with Gasteiger partial charge in [-0.3, -0.25) is 4.79 Å². The molecule has 0 aromatic heterocycles. The Morgan fingerprint density at radius 1 is 1.03 bits per heavy atom. The second-order valence-electron chi connectivity index (χ2n) is 7.12. The van der Waals surface area contributed by atoms with Crippen molar-refractivity contribution in [1.82, 2.24) is 4.31 Å². The van der Waals surface area contributed by atoms with E-state index in [9.17, 15) is 26.4 Å². The van der Waals surface area contributed by atoms with Crippen LogP contribution in [0.3, 0.4) is 0 Å². The number of esters is 1. The number of ether oxygens (including phenoxy) is 1. The summed E-state index contributed by atoms with van der Waals surface area (Å²) in [5, 5.41) is 0. The van der Waals surface area contributed by atoms with E-state index in [4.69, 9.17) is 4.74 Å². The second-order valence-corrected chi connectivity index (χ2v) is 9.02. The van der Waals surface area contributed by atoms with Crippen molar-refractivity contribution in [3.8, 4) is 0 Å². The largest absolute Gasteiger partial charge is 0.461 e. The van der Waals surface area contributed by atoms with E-state index in [0.29, 0.717) is 0 Å². The molecule has 9 heteroatoms. The lowest BCUT2D eigenvalue weighted by molar-refractivity contribution is -0.148. The summed E-state index contributed by atoms with van der Waals surface area (Å²) in [5.41, 5.74) is -0.224. The maximum Gasteiger partial charge on any atom is 0.417 e. The molecule has 1 aliphatic heterocycles. The summed E-state index contributed by atoms with van der Waals surface area (Å²) in [6.45, 7) is -0.00646. The molecule has 1 saturated heterocycles. The monoisotopic (exact) mass is 453 g/mol. The Morgan fingerprint density at radius 2 is 1.65 bits per heavy atom. The van der Waals surface area contributed by atoms with Gasteiger partial charge in [-0.25, -0.2) is 8.42 Å². The van der Waals surface area contributed by atoms with E-state index in [1.807, 2.05) is 36.4 Å². The molecule has 0 bridgehead atoms. The van der Waals surface area contributed by atoms with Gasteiger partial charge in [0.1, 0.15) is 6.61 Å². The van der Waals surface area contributed by atoms with Crippen molar-refractivity contribution in [2.75, 3.05) is 19.7 Å². The van der Waals surface area contributed by atoms with Gasteiger partial charge in [-0.1, -0.05) is 48.5 Å². The van der Waals surface area contributed by atoms with Gasteiger partial charge in [-0.15, -0.1) is 0 Å². The number of carbonyl (C=O) groups excluding carboxylic acids is 1. The van der Waals surface area contributed by atoms with Crippen LogP contribution in [0.15, 0.2) is 65.6 Å². The maximum absolute atomic E-state index is 13.2. The molecule has 166 valence electrons. The molecule has 0 unspecified atom stereocenters. The molecule has 2 aromatic rings. The average Bonchev–Trinajstić information content (AvgIpc) is 2.77. The summed E-state index contributed by atoms with van der Waals surface area (Å²) in [4.78, 5) is 11.5. The minimum Gasteiger partial charge on any atom is -0.461 e. The highest BCUT2D eigenvalue weighted by atomic mass is 32.2. The summed E-state index contributed by atoms with van der Waals surface area (Å²) in [5.74, 6) is -0.931. The van der Waals surface area contributed by atoms with Crippen LogP contribution in [0.4, 0.5) is 13.2 Å². The zero-order chi connectivity index (χ0) is 22.5. The van der Waals surface area contributed by atoms with Gasteiger partial charge in [0.2, 0.25) is 10.0 Å². The van der Waals surface area contributed by atoms with Gasteiger partial charge < -0.3 is 4.74 Å². The van der Waals surface area contributed by atoms with Gasteiger partial charge in [-0.05, 0) is 36.6 Å². The summed E-state index contributed by atoms with van der Waals surface area (Å²) in [7, 11) is -4.33. The third-order valence-electron chi connectivity index (χ3n) is 5.03. The van der Waals surface area contributed by atoms with E-state index in [1.165, 1.54) is 6.07 Å². The number of halogens is 3. The van der Waals surface area contributed by atoms with Crippen molar-refractivity contribution >= 4 is 22.1 Å². The fourth-order valence-corrected chi connectivity index (χ4v) is 5.08. The van der Waals surface area contributed by atoms with Crippen molar-refractivity contribution in [2.45, 2.75) is 23.9 Å². The number of carbonyl (C=O) groups is 1. The molecule has 0 radical (unpaired) electrons. The van der Waals surface area contributed by atoms with Crippen molar-refractivity contribution in [3.05, 3.63) is 71.8 Å². The summed E-state index contributed by atoms with van der Waals surface area (Å²) >= 11 is 0. The number of alkyl halides is 3. The first-order chi connectivity index (χ1) is 14.7. The number of sulfonamides is 1. The van der Waals surface area contributed by atoms with Crippen molar-refractivity contribution in [3.63, 3.8) is 0 Å². The lowest BCUT2D eigenvalue weighted by Gasteiger charge is -2.30. The van der Waals surface area contributed by atoms with Gasteiger partial charge in [-0.2, -0.15) is 17.5 Å². The summed E-state index contributed by atoms with van der Waals surface area (Å²) in [6, 6.07) is 13.6. The molecule has 5 nitrogen and oxygen atoms in total. The van der Waals surface area contributed by atoms with Gasteiger partial charge in [0, 0.05) is 13.1 Å². The first kappa shape index (κ1) is 23.0. The first-order valence-corrected chi connectivity index (χ1v) is 11.2. The fraction of sp³-hybridized carbons (Fsp3) is 0.318. The Bertz CT molecular complexity index is 1030. The molecule has 1 heterocycles. The molecular weight excluding hydrogens is 431 g/mol. The standard InChI is InChI=1S/C22H22F3NO4S/c23-22(24,25)19-10-4-5-11-20(19)31(28,29)26-14-12-18(13-15-26)21(27)30-16-6-9-17-7-2-1-3-8-17/h1-11,18H,12-16H2/b9-6+. The number of hydrogen-bond acceptors (Lipinski definition) is 4. The van der Waals surface area contributed by atoms with Crippen LogP contribution in [0.25, 0.3) is 6.08 Å². The molecule has 2 aromatic carbocycles. The summed E-state index contributed by atoms with van der Waals surface area (Å²) in [6.07, 6.45) is -0.871. The van der Waals surface area contributed by atoms with E-state index in [0.717, 1.165) is 28.1 Å². The Balaban J connectivity index is 1.57. The van der Waals surface area contributed by atoms with Crippen LogP contribution < -0.4 is 0 Å². The van der Waals surface area contributed by atoms with Crippen LogP contribution in [-0.4, -0.2) is 38.4 Å². The summed E-state index contributed by atoms with van der Waals surface area (Å²) < 4.78 is 71.4. The Hall–Kier alpha value is -2.65. The van der Waals surface area contributed by atoms with Crippen LogP contribution in [0.2, 0.25) is 0 Å². The number of benzene rings is 2. The predicted molar refractivity (Wildman–Crippen MR) is 109 cm³/mol. The minimum absolute atomic E-state index is 0.0475. The lowest BCUT2D eigenvalue weighted by Crippen LogP contribution is -2.41. The molecule has 0 amide bonds. The van der Waals surface area contributed by atoms with E-state index >= 15 is 0 Å². The maximum atomic E-state index is 13.2. The second kappa shape index (κ2) is 9.65. The van der Waals surface area contributed by atoms with Crippen LogP contribution in [-0.2, 0) is 25.7 Å². The lowest BCUT2D eigenvalue weighted by atomic mass is 9.98. The zero-order valence-corrected chi connectivity index (χ0v) is 17.4. The van der Waals surface area contributed by atoms with Crippen molar-refractivity contribution in [2.24, 2.45) is 5.92 Å². The molecule has 1 fully saturated rings. The van der Waals surface area contributed by atoms with E-state index in [-0.39, 0.29) is 32.5 Å². The van der Waals surface area contributed by atoms with Gasteiger partial charge in [0.25, 0.3) is 0 Å². The Labute approximate surface area is 179 Å². The highest BCUT2D eigenvalue weighted by molar-refractivity contribution is 7.89. The smallest absolute Gasteiger partial charge is 0.417 e. The Kier molecular flexibility index (Phi) is 7.17. The minimum atomic E-state index is -4.78. The zero-order valence-electron chi connectivity index (χ0n) is 16.6. The molecule has 0 spiro atoms. The third-order valence-corrected chi connectivity index (χ3v) is 6.99. The fourth-order valence-electron chi connectivity index (χ4n) is 3.39. The predicted octanol–water partition coefficient (Wildman–Crippen LogP) is 4.36. The van der Waals surface area contributed by atoms with Gasteiger partial charge >= 0.3 is 12.1 Å². The number of hydrogen-bond donors (Lipinski definition) is 0. The molecule has 3 rings (SSSR count). The molecule has 0 atom stereocenters. The van der Waals surface area contributed by atoms with E-state index in [2.05, 4.69) is 0 Å². The number of nitrogens with zero attached hydrogens (tertiary/aromatic N) is 1. The van der Waals surface area contributed by atoms with Crippen LogP contribution in [0.1, 0.15) is 24.0 Å². The molecule has 0 aliphatic carbocycles. The third kappa shape index (κ3) is 5.74. The number of piperidine rings is 1. The average molecular weight is 453 g/mol. The van der Waals surface area contributed by atoms with Gasteiger partial charge in [0.15, 0.2) is 0 Å². The SMILES string of the molecule is O=C(OC/C=C/c1ccccc1)C1CCN(S(=O)(=O)c2ccccc2C(F)(F)F)CC1. The highest BCUT2D eigenvalue weighted by Gasteiger charge is 2.40. The Morgan fingerprint density at radius 3 is 2.29 bits per heavy atom. The normalized spacial score (nSPS) is 16.5. The van der Waals surface area contributed by atoms with E-state index < -0.39 is 38.5 Å². The topological polar surface area (TPSA) is 63.7 Å². The molecular formula is C22H22F3NO4S. The van der Waals surface area contributed by atoms with Crippen molar-refractivity contribution in [1.29, 1.82) is 0 Å². The first-order valence-electron chi connectivity index (χ1n) is 9.74. The molecule has 0 N–H and O–H groups in total. The van der Waals surface area contributed by atoms with E-state index in [1.54, 1.807) is 6.08 Å². The van der Waals surface area contributed by atoms with Crippen LogP contribution in [0.5, 0.6) is 0 Å². The van der Waals surface area contributed by atoms with Crippen LogP contribution >= 0.6 is 0 Å². The molecule has 31 heavy (non-hydrogen) atoms.